The second-order valence-electron chi connectivity index (χ2n) is 16.9. The molecule has 0 saturated carbocycles. The number of hydrogen-bond acceptors (Lipinski definition) is 6. The predicted octanol–water partition coefficient (Wildman–Crippen LogP) is 14.0. The van der Waals surface area contributed by atoms with E-state index in [0.717, 1.165) is 75.5 Å². The second-order valence-corrected chi connectivity index (χ2v) is 16.9. The molecule has 0 saturated heterocycles. The molecule has 0 aromatic carbocycles. The number of unbranched alkanes of at least 4 members (excludes halogenated alkanes) is 21. The summed E-state index contributed by atoms with van der Waals surface area (Å²) in [7, 11) is 0. The molecule has 52 heavy (non-hydrogen) atoms. The molecule has 0 aromatic rings. The van der Waals surface area contributed by atoms with Gasteiger partial charge in [-0.15, -0.1) is 0 Å². The highest BCUT2D eigenvalue weighted by atomic mass is 16.6. The van der Waals surface area contributed by atoms with Crippen LogP contribution in [0.4, 0.5) is 0 Å². The highest BCUT2D eigenvalue weighted by Gasteiger charge is 2.19. The van der Waals surface area contributed by atoms with Gasteiger partial charge in [-0.2, -0.15) is 0 Å². The van der Waals surface area contributed by atoms with Gasteiger partial charge in [0.1, 0.15) is 13.2 Å². The van der Waals surface area contributed by atoms with Gasteiger partial charge in [-0.05, 0) is 37.0 Å². The van der Waals surface area contributed by atoms with Crippen LogP contribution in [0.25, 0.3) is 0 Å². The fraction of sp³-hybridized carbons (Fsp3) is 0.935. The van der Waals surface area contributed by atoms with E-state index in [1.54, 1.807) is 0 Å². The maximum absolute atomic E-state index is 12.7. The fourth-order valence-electron chi connectivity index (χ4n) is 6.67. The zero-order valence-electron chi connectivity index (χ0n) is 35.6. The van der Waals surface area contributed by atoms with Crippen LogP contribution in [-0.4, -0.2) is 37.2 Å². The maximum Gasteiger partial charge on any atom is 0.306 e. The SMILES string of the molecule is CCC(C)CCCCCCCCCCCCC(=O)OC[C@H](COC(=O)CCCCCCCCCCC(C)C)OC(=O)CCCCCCCCC(C)C. The summed E-state index contributed by atoms with van der Waals surface area (Å²) in [5.74, 6) is 1.56. The van der Waals surface area contributed by atoms with Crippen molar-refractivity contribution in [2.45, 2.75) is 247 Å². The Hall–Kier alpha value is -1.59. The van der Waals surface area contributed by atoms with Crippen LogP contribution < -0.4 is 0 Å². The van der Waals surface area contributed by atoms with Crippen molar-refractivity contribution >= 4 is 17.9 Å². The minimum atomic E-state index is -0.762. The van der Waals surface area contributed by atoms with Crippen molar-refractivity contribution in [3.05, 3.63) is 0 Å². The Morgan fingerprint density at radius 2 is 0.673 bits per heavy atom. The molecular formula is C46H88O6. The summed E-state index contributed by atoms with van der Waals surface area (Å²) >= 11 is 0. The number of esters is 3. The molecule has 6 heteroatoms. The van der Waals surface area contributed by atoms with Crippen LogP contribution in [0, 0.1) is 17.8 Å². The molecular weight excluding hydrogens is 648 g/mol. The molecule has 0 N–H and O–H groups in total. The van der Waals surface area contributed by atoms with Gasteiger partial charge in [-0.1, -0.05) is 202 Å². The molecule has 0 bridgehead atoms. The van der Waals surface area contributed by atoms with Crippen LogP contribution >= 0.6 is 0 Å². The van der Waals surface area contributed by atoms with E-state index in [-0.39, 0.29) is 31.1 Å². The minimum absolute atomic E-state index is 0.0672. The van der Waals surface area contributed by atoms with E-state index in [2.05, 4.69) is 41.5 Å². The summed E-state index contributed by atoms with van der Waals surface area (Å²) in [4.78, 5) is 37.6. The Bertz CT molecular complexity index is 809. The molecule has 2 atom stereocenters. The van der Waals surface area contributed by atoms with Gasteiger partial charge >= 0.3 is 17.9 Å². The number of rotatable bonds is 39. The second kappa shape index (κ2) is 37.7. The lowest BCUT2D eigenvalue weighted by molar-refractivity contribution is -0.167. The molecule has 308 valence electrons. The molecule has 0 spiro atoms. The first kappa shape index (κ1) is 50.4. The average molecular weight is 737 g/mol. The molecule has 0 aliphatic carbocycles. The van der Waals surface area contributed by atoms with Gasteiger partial charge in [-0.3, -0.25) is 14.4 Å². The normalized spacial score (nSPS) is 12.7. The predicted molar refractivity (Wildman–Crippen MR) is 219 cm³/mol. The van der Waals surface area contributed by atoms with Crippen LogP contribution in [0.1, 0.15) is 241 Å². The van der Waals surface area contributed by atoms with Crippen molar-refractivity contribution in [2.75, 3.05) is 13.2 Å². The monoisotopic (exact) mass is 737 g/mol. The van der Waals surface area contributed by atoms with Crippen molar-refractivity contribution < 1.29 is 28.6 Å². The van der Waals surface area contributed by atoms with E-state index < -0.39 is 6.10 Å². The van der Waals surface area contributed by atoms with Crippen molar-refractivity contribution in [3.8, 4) is 0 Å². The topological polar surface area (TPSA) is 78.9 Å². The van der Waals surface area contributed by atoms with Crippen LogP contribution in [0.2, 0.25) is 0 Å². The van der Waals surface area contributed by atoms with Crippen molar-refractivity contribution in [2.24, 2.45) is 17.8 Å². The van der Waals surface area contributed by atoms with E-state index in [9.17, 15) is 14.4 Å². The molecule has 0 radical (unpaired) electrons. The molecule has 0 heterocycles. The van der Waals surface area contributed by atoms with E-state index in [1.165, 1.54) is 122 Å². The van der Waals surface area contributed by atoms with Gasteiger partial charge in [0.05, 0.1) is 0 Å². The molecule has 0 fully saturated rings. The quantitative estimate of drug-likeness (QED) is 0.0355. The Kier molecular flexibility index (Phi) is 36.6. The van der Waals surface area contributed by atoms with E-state index in [4.69, 9.17) is 14.2 Å². The summed E-state index contributed by atoms with van der Waals surface area (Å²) in [6.45, 7) is 13.6. The Morgan fingerprint density at radius 1 is 0.385 bits per heavy atom. The first-order chi connectivity index (χ1) is 25.1. The van der Waals surface area contributed by atoms with Gasteiger partial charge in [0.2, 0.25) is 0 Å². The maximum atomic E-state index is 12.7. The first-order valence-corrected chi connectivity index (χ1v) is 22.6. The van der Waals surface area contributed by atoms with Crippen LogP contribution in [0.15, 0.2) is 0 Å². The number of ether oxygens (including phenoxy) is 3. The van der Waals surface area contributed by atoms with E-state index >= 15 is 0 Å². The largest absolute Gasteiger partial charge is 0.462 e. The molecule has 0 rings (SSSR count). The molecule has 0 amide bonds. The molecule has 0 aliphatic rings. The fourth-order valence-corrected chi connectivity index (χ4v) is 6.67. The average Bonchev–Trinajstić information content (AvgIpc) is 3.11. The summed E-state index contributed by atoms with van der Waals surface area (Å²) in [6, 6.07) is 0. The zero-order valence-corrected chi connectivity index (χ0v) is 35.6. The van der Waals surface area contributed by atoms with Crippen molar-refractivity contribution in [1.29, 1.82) is 0 Å². The van der Waals surface area contributed by atoms with Crippen LogP contribution in [0.3, 0.4) is 0 Å². The lowest BCUT2D eigenvalue weighted by Gasteiger charge is -2.18. The molecule has 0 aliphatic heterocycles. The van der Waals surface area contributed by atoms with Crippen molar-refractivity contribution in [1.82, 2.24) is 0 Å². The van der Waals surface area contributed by atoms with Gasteiger partial charge in [0.15, 0.2) is 6.10 Å². The molecule has 0 aromatic heterocycles. The summed E-state index contributed by atoms with van der Waals surface area (Å²) in [6.07, 6.45) is 33.9. The number of carbonyl (C=O) groups is 3. The lowest BCUT2D eigenvalue weighted by atomic mass is 9.99. The molecule has 6 nitrogen and oxygen atoms in total. The number of carbonyl (C=O) groups excluding carboxylic acids is 3. The Morgan fingerprint density at radius 3 is 1.00 bits per heavy atom. The van der Waals surface area contributed by atoms with Crippen LogP contribution in [0.5, 0.6) is 0 Å². The Balaban J connectivity index is 4.32. The third kappa shape index (κ3) is 38.1. The standard InChI is InChI=1S/C46H88O6/c1-7-42(6)34-28-22-15-10-8-9-11-16-23-29-35-44(47)50-38-43(52-46(49)37-31-25-19-18-21-27-33-41(4)5)39-51-45(48)36-30-24-17-13-12-14-20-26-32-40(2)3/h40-43H,7-39H2,1-6H3/t42?,43-/m1/s1. The summed E-state index contributed by atoms with van der Waals surface area (Å²) in [5, 5.41) is 0. The third-order valence-corrected chi connectivity index (χ3v) is 10.5. The first-order valence-electron chi connectivity index (χ1n) is 22.6. The lowest BCUT2D eigenvalue weighted by Crippen LogP contribution is -2.30. The number of hydrogen-bond donors (Lipinski definition) is 0. The Labute approximate surface area is 323 Å². The third-order valence-electron chi connectivity index (χ3n) is 10.5. The van der Waals surface area contributed by atoms with Gasteiger partial charge in [0, 0.05) is 19.3 Å². The minimum Gasteiger partial charge on any atom is -0.462 e. The van der Waals surface area contributed by atoms with Gasteiger partial charge in [-0.25, -0.2) is 0 Å². The highest BCUT2D eigenvalue weighted by Crippen LogP contribution is 2.17. The van der Waals surface area contributed by atoms with Gasteiger partial charge < -0.3 is 14.2 Å². The van der Waals surface area contributed by atoms with Crippen molar-refractivity contribution in [3.63, 3.8) is 0 Å². The van der Waals surface area contributed by atoms with E-state index in [0.29, 0.717) is 19.3 Å². The van der Waals surface area contributed by atoms with E-state index in [1.807, 2.05) is 0 Å². The molecule has 1 unspecified atom stereocenters. The smallest absolute Gasteiger partial charge is 0.306 e. The van der Waals surface area contributed by atoms with Crippen LogP contribution in [-0.2, 0) is 28.6 Å². The zero-order chi connectivity index (χ0) is 38.5. The highest BCUT2D eigenvalue weighted by molar-refractivity contribution is 5.71. The van der Waals surface area contributed by atoms with Gasteiger partial charge in [0.25, 0.3) is 0 Å². The summed E-state index contributed by atoms with van der Waals surface area (Å²) < 4.78 is 16.7. The summed E-state index contributed by atoms with van der Waals surface area (Å²) in [5.41, 5.74) is 0.